The molecule has 2 N–H and O–H groups in total. The molecule has 1 aliphatic carbocycles. The van der Waals surface area contributed by atoms with Crippen molar-refractivity contribution in [1.82, 2.24) is 4.98 Å². The normalized spacial score (nSPS) is 16.0. The summed E-state index contributed by atoms with van der Waals surface area (Å²) in [5.74, 6) is -0.144. The highest BCUT2D eigenvalue weighted by atomic mass is 32.1. The van der Waals surface area contributed by atoms with Gasteiger partial charge in [-0.05, 0) is 24.3 Å². The molecule has 1 aromatic carbocycles. The number of nitrogens with two attached hydrogens (primary N) is 1. The van der Waals surface area contributed by atoms with Crippen LogP contribution in [0.25, 0.3) is 0 Å². The molecule has 1 fully saturated rings. The Morgan fingerprint density at radius 2 is 2.23 bits per heavy atom. The third-order valence-corrected chi connectivity index (χ3v) is 5.03. The number of non-ortho nitro benzene ring substituents is 1. The Hall–Kier alpha value is -2.28. The van der Waals surface area contributed by atoms with E-state index >= 15 is 0 Å². The van der Waals surface area contributed by atoms with Crippen molar-refractivity contribution in [2.24, 2.45) is 11.7 Å². The van der Waals surface area contributed by atoms with E-state index in [1.54, 1.807) is 17.5 Å². The molecule has 3 rings (SSSR count). The van der Waals surface area contributed by atoms with E-state index in [0.29, 0.717) is 5.92 Å². The molecular formula is C15H15N3O3S. The van der Waals surface area contributed by atoms with Gasteiger partial charge in [-0.3, -0.25) is 14.9 Å². The molecule has 1 unspecified atom stereocenters. The number of nitrogens with zero attached hydrogens (tertiary/aromatic N) is 2. The molecule has 0 aliphatic heterocycles. The molecule has 1 amide bonds. The SMILES string of the molecule is NC(=O)c1csc(C(c2cccc([N+](=O)[O-])c2)C2CCC2)n1. The van der Waals surface area contributed by atoms with Crippen LogP contribution >= 0.6 is 11.3 Å². The Morgan fingerprint density at radius 3 is 2.77 bits per heavy atom. The van der Waals surface area contributed by atoms with Gasteiger partial charge in [-0.1, -0.05) is 18.6 Å². The standard InChI is InChI=1S/C15H15N3O3S/c16-14(19)12-8-22-15(17-12)13(9-3-1-4-9)10-5-2-6-11(7-10)18(20)21/h2,5-9,13H,1,3-4H2,(H2,16,19). The second-order valence-corrected chi connectivity index (χ2v) is 6.35. The lowest BCUT2D eigenvalue weighted by molar-refractivity contribution is -0.384. The monoisotopic (exact) mass is 317 g/mol. The molecule has 6 nitrogen and oxygen atoms in total. The summed E-state index contributed by atoms with van der Waals surface area (Å²) in [5, 5.41) is 13.4. The lowest BCUT2D eigenvalue weighted by Crippen LogP contribution is -2.22. The number of hydrogen-bond donors (Lipinski definition) is 1. The topological polar surface area (TPSA) is 99.1 Å². The van der Waals surface area contributed by atoms with Crippen LogP contribution in [0.3, 0.4) is 0 Å². The van der Waals surface area contributed by atoms with Crippen molar-refractivity contribution in [2.75, 3.05) is 0 Å². The molecule has 2 aromatic rings. The highest BCUT2D eigenvalue weighted by molar-refractivity contribution is 7.10. The summed E-state index contributed by atoms with van der Waals surface area (Å²) >= 11 is 1.39. The second-order valence-electron chi connectivity index (χ2n) is 5.46. The molecule has 1 aliphatic rings. The van der Waals surface area contributed by atoms with Crippen molar-refractivity contribution in [3.63, 3.8) is 0 Å². The van der Waals surface area contributed by atoms with E-state index in [1.807, 2.05) is 6.07 Å². The maximum absolute atomic E-state index is 11.2. The van der Waals surface area contributed by atoms with E-state index in [4.69, 9.17) is 5.73 Å². The first-order valence-corrected chi connectivity index (χ1v) is 7.94. The summed E-state index contributed by atoms with van der Waals surface area (Å²) in [6, 6.07) is 6.68. The van der Waals surface area contributed by atoms with Crippen LogP contribution in [0, 0.1) is 16.0 Å². The van der Waals surface area contributed by atoms with Crippen LogP contribution in [0.15, 0.2) is 29.6 Å². The summed E-state index contributed by atoms with van der Waals surface area (Å²) < 4.78 is 0. The molecule has 1 saturated carbocycles. The largest absolute Gasteiger partial charge is 0.364 e. The Bertz CT molecular complexity index is 724. The number of primary amides is 1. The summed E-state index contributed by atoms with van der Waals surface area (Å²) in [7, 11) is 0. The molecule has 0 radical (unpaired) electrons. The van der Waals surface area contributed by atoms with Crippen molar-refractivity contribution in [1.29, 1.82) is 0 Å². The third-order valence-electron chi connectivity index (χ3n) is 4.10. The minimum atomic E-state index is -0.547. The zero-order chi connectivity index (χ0) is 15.7. The lowest BCUT2D eigenvalue weighted by atomic mass is 9.73. The summed E-state index contributed by atoms with van der Waals surface area (Å²) in [6.45, 7) is 0. The number of carbonyl (C=O) groups excluding carboxylic acids is 1. The first kappa shape index (κ1) is 14.6. The maximum Gasteiger partial charge on any atom is 0.269 e. The van der Waals surface area contributed by atoms with Gasteiger partial charge in [0.2, 0.25) is 0 Å². The third kappa shape index (κ3) is 2.71. The van der Waals surface area contributed by atoms with Gasteiger partial charge in [0, 0.05) is 23.4 Å². The molecule has 114 valence electrons. The predicted octanol–water partition coefficient (Wildman–Crippen LogP) is 3.08. The van der Waals surface area contributed by atoms with Gasteiger partial charge in [-0.2, -0.15) is 0 Å². The first-order valence-electron chi connectivity index (χ1n) is 7.06. The Labute approximate surface area is 131 Å². The number of rotatable bonds is 5. The first-order chi connectivity index (χ1) is 10.6. The number of carbonyl (C=O) groups is 1. The molecular weight excluding hydrogens is 302 g/mol. The van der Waals surface area contributed by atoms with Gasteiger partial charge in [0.25, 0.3) is 11.6 Å². The average Bonchev–Trinajstić information content (AvgIpc) is 2.92. The molecule has 0 bridgehead atoms. The zero-order valence-electron chi connectivity index (χ0n) is 11.8. The molecule has 0 saturated heterocycles. The predicted molar refractivity (Wildman–Crippen MR) is 82.9 cm³/mol. The number of benzene rings is 1. The minimum absolute atomic E-state index is 0.00764. The molecule has 1 heterocycles. The number of amides is 1. The fourth-order valence-electron chi connectivity index (χ4n) is 2.76. The maximum atomic E-state index is 11.2. The fourth-order valence-corrected chi connectivity index (χ4v) is 3.79. The van der Waals surface area contributed by atoms with E-state index in [0.717, 1.165) is 29.8 Å². The molecule has 22 heavy (non-hydrogen) atoms. The highest BCUT2D eigenvalue weighted by Crippen LogP contribution is 2.44. The van der Waals surface area contributed by atoms with Crippen LogP contribution in [-0.2, 0) is 0 Å². The van der Waals surface area contributed by atoms with Gasteiger partial charge >= 0.3 is 0 Å². The number of nitro groups is 1. The van der Waals surface area contributed by atoms with Gasteiger partial charge in [0.1, 0.15) is 10.7 Å². The summed E-state index contributed by atoms with van der Waals surface area (Å²) in [4.78, 5) is 26.2. The Morgan fingerprint density at radius 1 is 1.45 bits per heavy atom. The molecule has 1 atom stereocenters. The fraction of sp³-hybridized carbons (Fsp3) is 0.333. The van der Waals surface area contributed by atoms with Crippen molar-refractivity contribution in [2.45, 2.75) is 25.2 Å². The van der Waals surface area contributed by atoms with Gasteiger partial charge in [0.05, 0.1) is 4.92 Å². The Kier molecular flexibility index (Phi) is 3.89. The van der Waals surface area contributed by atoms with Crippen molar-refractivity contribution < 1.29 is 9.72 Å². The minimum Gasteiger partial charge on any atom is -0.364 e. The van der Waals surface area contributed by atoms with Gasteiger partial charge in [-0.25, -0.2) is 4.98 Å². The molecule has 7 heteroatoms. The van der Waals surface area contributed by atoms with E-state index in [1.165, 1.54) is 17.4 Å². The average molecular weight is 317 g/mol. The van der Waals surface area contributed by atoms with Crippen LogP contribution in [0.5, 0.6) is 0 Å². The van der Waals surface area contributed by atoms with E-state index < -0.39 is 10.8 Å². The number of thiazole rings is 1. The van der Waals surface area contributed by atoms with Crippen LogP contribution in [0.4, 0.5) is 5.69 Å². The lowest BCUT2D eigenvalue weighted by Gasteiger charge is -2.32. The van der Waals surface area contributed by atoms with Gasteiger partial charge in [-0.15, -0.1) is 11.3 Å². The summed E-state index contributed by atoms with van der Waals surface area (Å²) in [6.07, 6.45) is 3.29. The number of hydrogen-bond acceptors (Lipinski definition) is 5. The van der Waals surface area contributed by atoms with Crippen molar-refractivity contribution in [3.05, 3.63) is 56.0 Å². The van der Waals surface area contributed by atoms with E-state index in [-0.39, 0.29) is 17.3 Å². The second kappa shape index (κ2) is 5.84. The Balaban J connectivity index is 2.00. The van der Waals surface area contributed by atoms with Gasteiger partial charge in [0.15, 0.2) is 0 Å². The molecule has 0 spiro atoms. The molecule has 1 aromatic heterocycles. The number of aromatic nitrogens is 1. The van der Waals surface area contributed by atoms with Crippen LogP contribution in [0.2, 0.25) is 0 Å². The quantitative estimate of drug-likeness (QED) is 0.676. The van der Waals surface area contributed by atoms with E-state index in [9.17, 15) is 14.9 Å². The van der Waals surface area contributed by atoms with Crippen molar-refractivity contribution in [3.8, 4) is 0 Å². The van der Waals surface area contributed by atoms with Crippen molar-refractivity contribution >= 4 is 22.9 Å². The highest BCUT2D eigenvalue weighted by Gasteiger charge is 2.32. The van der Waals surface area contributed by atoms with Gasteiger partial charge < -0.3 is 5.73 Å². The number of nitro benzene ring substituents is 1. The zero-order valence-corrected chi connectivity index (χ0v) is 12.6. The van der Waals surface area contributed by atoms with E-state index in [2.05, 4.69) is 4.98 Å². The summed E-state index contributed by atoms with van der Waals surface area (Å²) in [5.41, 5.74) is 6.48. The van der Waals surface area contributed by atoms with Crippen LogP contribution in [-0.4, -0.2) is 15.8 Å². The van der Waals surface area contributed by atoms with Crippen LogP contribution < -0.4 is 5.73 Å². The smallest absolute Gasteiger partial charge is 0.269 e. The van der Waals surface area contributed by atoms with Crippen LogP contribution in [0.1, 0.15) is 46.2 Å².